The molecule has 0 saturated carbocycles. The first kappa shape index (κ1) is 10.7. The van der Waals surface area contributed by atoms with E-state index in [1.807, 2.05) is 24.3 Å². The van der Waals surface area contributed by atoms with Gasteiger partial charge >= 0.3 is 0 Å². The number of fused-ring (bicyclic) bond motifs is 2. The fourth-order valence-corrected chi connectivity index (χ4v) is 2.99. The molecule has 0 fully saturated rings. The maximum absolute atomic E-state index is 4.43. The summed E-state index contributed by atoms with van der Waals surface area (Å²) in [6.45, 7) is 0. The molecule has 92 valence electrons. The van der Waals surface area contributed by atoms with Crippen molar-refractivity contribution < 1.29 is 0 Å². The molecular formula is C15H11N3S. The molecule has 0 radical (unpaired) electrons. The Bertz CT molecular complexity index is 756. The molecule has 0 unspecified atom stereocenters. The van der Waals surface area contributed by atoms with Crippen LogP contribution in [-0.4, -0.2) is 10.7 Å². The summed E-state index contributed by atoms with van der Waals surface area (Å²) in [5.41, 5.74) is 4.31. The second-order valence-corrected chi connectivity index (χ2v) is 5.25. The molecular weight excluding hydrogens is 254 g/mol. The van der Waals surface area contributed by atoms with Crippen LogP contribution in [-0.2, 0) is 0 Å². The summed E-state index contributed by atoms with van der Waals surface area (Å²) in [6.07, 6.45) is 0. The van der Waals surface area contributed by atoms with Crippen LogP contribution >= 0.6 is 11.9 Å². The third-order valence-electron chi connectivity index (χ3n) is 3.24. The van der Waals surface area contributed by atoms with Crippen molar-refractivity contribution in [1.29, 1.82) is 0 Å². The average Bonchev–Trinajstić information content (AvgIpc) is 2.90. The molecule has 4 heteroatoms. The number of hydrogen-bond acceptors (Lipinski definition) is 3. The minimum Gasteiger partial charge on any atom is -0.353 e. The maximum atomic E-state index is 4.43. The zero-order valence-corrected chi connectivity index (χ0v) is 10.9. The van der Waals surface area contributed by atoms with E-state index in [9.17, 15) is 0 Å². The van der Waals surface area contributed by atoms with Crippen LogP contribution in [0, 0.1) is 0 Å². The Morgan fingerprint density at radius 3 is 2.74 bits per heavy atom. The van der Waals surface area contributed by atoms with Gasteiger partial charge in [-0.25, -0.2) is 4.83 Å². The van der Waals surface area contributed by atoms with Gasteiger partial charge in [0.1, 0.15) is 5.71 Å². The molecule has 2 aromatic carbocycles. The zero-order chi connectivity index (χ0) is 12.7. The molecule has 3 nitrogen and oxygen atoms in total. The average molecular weight is 265 g/mol. The lowest BCUT2D eigenvalue weighted by molar-refractivity contribution is 1.08. The number of nitrogens with one attached hydrogen (secondary N) is 2. The molecule has 0 saturated heterocycles. The number of H-pyrrole nitrogens is 1. The van der Waals surface area contributed by atoms with Crippen LogP contribution in [0.1, 0.15) is 11.3 Å². The fraction of sp³-hybridized carbons (Fsp3) is 0. The van der Waals surface area contributed by atoms with Crippen LogP contribution < -0.4 is 4.83 Å². The van der Waals surface area contributed by atoms with Gasteiger partial charge in [0.05, 0.1) is 5.69 Å². The summed E-state index contributed by atoms with van der Waals surface area (Å²) in [7, 11) is 0. The Kier molecular flexibility index (Phi) is 2.35. The first-order valence-corrected chi connectivity index (χ1v) is 6.90. The van der Waals surface area contributed by atoms with Gasteiger partial charge < -0.3 is 4.98 Å². The monoisotopic (exact) mass is 265 g/mol. The third-order valence-corrected chi connectivity index (χ3v) is 4.00. The van der Waals surface area contributed by atoms with Crippen molar-refractivity contribution in [2.24, 2.45) is 5.10 Å². The number of rotatable bonds is 1. The lowest BCUT2D eigenvalue weighted by Gasteiger charge is -2.15. The standard InChI is InChI=1S/C15H11N3S/c1-3-7-12-10(5-1)9-13(16-12)15-11-6-2-4-8-14(11)19-18-17-15/h1-9,16,18H. The van der Waals surface area contributed by atoms with E-state index in [4.69, 9.17) is 0 Å². The van der Waals surface area contributed by atoms with E-state index in [1.165, 1.54) is 10.3 Å². The van der Waals surface area contributed by atoms with Gasteiger partial charge in [-0.05, 0) is 18.2 Å². The Balaban J connectivity index is 1.90. The van der Waals surface area contributed by atoms with Crippen molar-refractivity contribution >= 4 is 28.6 Å². The number of nitrogens with zero attached hydrogens (tertiary/aromatic N) is 1. The van der Waals surface area contributed by atoms with Crippen LogP contribution in [0.5, 0.6) is 0 Å². The van der Waals surface area contributed by atoms with E-state index in [-0.39, 0.29) is 0 Å². The molecule has 2 heterocycles. The second-order valence-electron chi connectivity index (χ2n) is 4.42. The van der Waals surface area contributed by atoms with Crippen LogP contribution in [0.2, 0.25) is 0 Å². The lowest BCUT2D eigenvalue weighted by Crippen LogP contribution is -2.14. The Morgan fingerprint density at radius 2 is 1.79 bits per heavy atom. The number of hydrogen-bond donors (Lipinski definition) is 2. The summed E-state index contributed by atoms with van der Waals surface area (Å²) in [5, 5.41) is 5.64. The van der Waals surface area contributed by atoms with Crippen LogP contribution in [0.3, 0.4) is 0 Å². The highest BCUT2D eigenvalue weighted by Gasteiger charge is 2.17. The van der Waals surface area contributed by atoms with Crippen molar-refractivity contribution in [2.45, 2.75) is 4.90 Å². The lowest BCUT2D eigenvalue weighted by atomic mass is 10.1. The largest absolute Gasteiger partial charge is 0.353 e. The minimum absolute atomic E-state index is 0.963. The van der Waals surface area contributed by atoms with Gasteiger partial charge in [0.2, 0.25) is 0 Å². The number of aromatic nitrogens is 1. The molecule has 0 spiro atoms. The minimum atomic E-state index is 0.963. The zero-order valence-electron chi connectivity index (χ0n) is 10.1. The number of hydrazone groups is 1. The summed E-state index contributed by atoms with van der Waals surface area (Å²) in [4.78, 5) is 7.64. The SMILES string of the molecule is c1ccc2c(c1)SNN=C2c1cc2ccccc2[nH]1. The van der Waals surface area contributed by atoms with E-state index in [2.05, 4.69) is 45.2 Å². The van der Waals surface area contributed by atoms with E-state index < -0.39 is 0 Å². The molecule has 1 aromatic heterocycles. The number of benzene rings is 2. The second kappa shape index (κ2) is 4.17. The smallest absolute Gasteiger partial charge is 0.116 e. The highest BCUT2D eigenvalue weighted by atomic mass is 32.2. The topological polar surface area (TPSA) is 40.2 Å². The molecule has 3 aromatic rings. The van der Waals surface area contributed by atoms with Crippen molar-refractivity contribution in [1.82, 2.24) is 9.82 Å². The quantitative estimate of drug-likeness (QED) is 0.661. The molecule has 1 aliphatic heterocycles. The van der Waals surface area contributed by atoms with Crippen LogP contribution in [0.15, 0.2) is 64.6 Å². The van der Waals surface area contributed by atoms with Crippen LogP contribution in [0.25, 0.3) is 10.9 Å². The summed E-state index contributed by atoms with van der Waals surface area (Å²) in [5.74, 6) is 0. The highest BCUT2D eigenvalue weighted by Crippen LogP contribution is 2.27. The molecule has 4 rings (SSSR count). The van der Waals surface area contributed by atoms with E-state index in [1.54, 1.807) is 11.9 Å². The van der Waals surface area contributed by atoms with Gasteiger partial charge in [0, 0.05) is 33.3 Å². The number of aromatic amines is 1. The van der Waals surface area contributed by atoms with Gasteiger partial charge in [-0.1, -0.05) is 36.4 Å². The maximum Gasteiger partial charge on any atom is 0.116 e. The molecule has 0 bridgehead atoms. The molecule has 2 N–H and O–H groups in total. The van der Waals surface area contributed by atoms with Crippen molar-refractivity contribution in [3.8, 4) is 0 Å². The Hall–Kier alpha value is -2.20. The molecule has 19 heavy (non-hydrogen) atoms. The van der Waals surface area contributed by atoms with Crippen molar-refractivity contribution in [3.05, 3.63) is 65.9 Å². The van der Waals surface area contributed by atoms with Gasteiger partial charge in [-0.2, -0.15) is 5.10 Å². The highest BCUT2D eigenvalue weighted by molar-refractivity contribution is 7.97. The van der Waals surface area contributed by atoms with E-state index in [0.29, 0.717) is 0 Å². The van der Waals surface area contributed by atoms with Crippen molar-refractivity contribution in [3.63, 3.8) is 0 Å². The van der Waals surface area contributed by atoms with E-state index in [0.717, 1.165) is 22.5 Å². The Labute approximate surface area is 114 Å². The first-order chi connectivity index (χ1) is 9.42. The predicted octanol–water partition coefficient (Wildman–Crippen LogP) is 3.53. The Morgan fingerprint density at radius 1 is 0.947 bits per heavy atom. The normalized spacial score (nSPS) is 13.8. The summed E-state index contributed by atoms with van der Waals surface area (Å²) >= 11 is 1.54. The molecule has 0 atom stereocenters. The predicted molar refractivity (Wildman–Crippen MR) is 79.4 cm³/mol. The number of para-hydroxylation sites is 1. The van der Waals surface area contributed by atoms with Gasteiger partial charge in [-0.3, -0.25) is 0 Å². The molecule has 0 amide bonds. The van der Waals surface area contributed by atoms with Gasteiger partial charge in [0.25, 0.3) is 0 Å². The van der Waals surface area contributed by atoms with Crippen molar-refractivity contribution in [2.75, 3.05) is 0 Å². The van der Waals surface area contributed by atoms with Gasteiger partial charge in [-0.15, -0.1) is 0 Å². The summed E-state index contributed by atoms with van der Waals surface area (Å²) in [6, 6.07) is 18.7. The van der Waals surface area contributed by atoms with Gasteiger partial charge in [0.15, 0.2) is 0 Å². The van der Waals surface area contributed by atoms with Crippen LogP contribution in [0.4, 0.5) is 0 Å². The summed E-state index contributed by atoms with van der Waals surface area (Å²) < 4.78 is 0. The molecule has 0 aliphatic carbocycles. The molecule has 1 aliphatic rings. The first-order valence-electron chi connectivity index (χ1n) is 6.09. The van der Waals surface area contributed by atoms with E-state index >= 15 is 0 Å². The third kappa shape index (κ3) is 1.72. The fourth-order valence-electron chi connectivity index (χ4n) is 2.34.